The van der Waals surface area contributed by atoms with Crippen molar-refractivity contribution in [1.29, 1.82) is 0 Å². The first kappa shape index (κ1) is 16.0. The molecule has 1 aromatic rings. The molecular weight excluding hydrogens is 256 g/mol. The van der Waals surface area contributed by atoms with E-state index in [9.17, 15) is 5.11 Å². The monoisotopic (exact) mass is 284 g/mol. The fourth-order valence-electron chi connectivity index (χ4n) is 3.09. The molecule has 1 aliphatic rings. The van der Waals surface area contributed by atoms with Crippen molar-refractivity contribution in [1.82, 2.24) is 0 Å². The van der Waals surface area contributed by atoms with Gasteiger partial charge < -0.3 is 5.11 Å². The molecule has 0 saturated heterocycles. The Morgan fingerprint density at radius 3 is 2.62 bits per heavy atom. The van der Waals surface area contributed by atoms with Crippen molar-refractivity contribution in [2.24, 2.45) is 5.92 Å². The van der Waals surface area contributed by atoms with E-state index in [1.54, 1.807) is 0 Å². The van der Waals surface area contributed by atoms with Gasteiger partial charge in [-0.05, 0) is 48.0 Å². The van der Waals surface area contributed by atoms with E-state index < -0.39 is 0 Å². The van der Waals surface area contributed by atoms with Crippen LogP contribution in [0.25, 0.3) is 6.08 Å². The van der Waals surface area contributed by atoms with Crippen LogP contribution in [0.3, 0.4) is 0 Å². The second-order valence-corrected chi connectivity index (χ2v) is 6.24. The molecule has 0 bridgehead atoms. The van der Waals surface area contributed by atoms with Crippen LogP contribution in [-0.2, 0) is 0 Å². The van der Waals surface area contributed by atoms with Crippen molar-refractivity contribution in [3.8, 4) is 0 Å². The van der Waals surface area contributed by atoms with Crippen LogP contribution in [0.5, 0.6) is 0 Å². The SMILES string of the molecule is CCCCCCC1=CC(C)CC(O)C1=Cc1ccccc1. The second kappa shape index (κ2) is 8.19. The minimum Gasteiger partial charge on any atom is -0.388 e. The highest BCUT2D eigenvalue weighted by atomic mass is 16.3. The molecule has 0 spiro atoms. The van der Waals surface area contributed by atoms with Gasteiger partial charge >= 0.3 is 0 Å². The fraction of sp³-hybridized carbons (Fsp3) is 0.500. The van der Waals surface area contributed by atoms with Gasteiger partial charge in [-0.15, -0.1) is 0 Å². The summed E-state index contributed by atoms with van der Waals surface area (Å²) in [7, 11) is 0. The van der Waals surface area contributed by atoms with Crippen LogP contribution in [0.15, 0.2) is 47.6 Å². The van der Waals surface area contributed by atoms with E-state index in [2.05, 4.69) is 50.3 Å². The van der Waals surface area contributed by atoms with Gasteiger partial charge in [0.2, 0.25) is 0 Å². The summed E-state index contributed by atoms with van der Waals surface area (Å²) in [4.78, 5) is 0. The van der Waals surface area contributed by atoms with Crippen LogP contribution >= 0.6 is 0 Å². The molecule has 2 rings (SSSR count). The number of hydrogen-bond acceptors (Lipinski definition) is 1. The zero-order chi connectivity index (χ0) is 15.1. The maximum Gasteiger partial charge on any atom is 0.0798 e. The van der Waals surface area contributed by atoms with Crippen LogP contribution in [0.1, 0.15) is 57.9 Å². The third kappa shape index (κ3) is 4.86. The van der Waals surface area contributed by atoms with Crippen molar-refractivity contribution in [3.63, 3.8) is 0 Å². The summed E-state index contributed by atoms with van der Waals surface area (Å²) in [6.07, 6.45) is 11.3. The van der Waals surface area contributed by atoms with Gasteiger partial charge in [-0.2, -0.15) is 0 Å². The van der Waals surface area contributed by atoms with Crippen molar-refractivity contribution in [3.05, 3.63) is 53.1 Å². The normalized spacial score (nSPS) is 24.1. The quantitative estimate of drug-likeness (QED) is 0.696. The number of aliphatic hydroxyl groups excluding tert-OH is 1. The van der Waals surface area contributed by atoms with E-state index in [1.807, 2.05) is 6.07 Å². The van der Waals surface area contributed by atoms with E-state index in [-0.39, 0.29) is 6.10 Å². The Hall–Kier alpha value is -1.34. The van der Waals surface area contributed by atoms with E-state index >= 15 is 0 Å². The van der Waals surface area contributed by atoms with Crippen LogP contribution in [0.2, 0.25) is 0 Å². The number of rotatable bonds is 6. The highest BCUT2D eigenvalue weighted by Crippen LogP contribution is 2.32. The average Bonchev–Trinajstić information content (AvgIpc) is 2.48. The molecule has 0 amide bonds. The zero-order valence-corrected chi connectivity index (χ0v) is 13.4. The molecule has 0 aliphatic heterocycles. The molecule has 2 atom stereocenters. The largest absolute Gasteiger partial charge is 0.388 e. The summed E-state index contributed by atoms with van der Waals surface area (Å²) in [6.45, 7) is 4.45. The van der Waals surface area contributed by atoms with E-state index in [4.69, 9.17) is 0 Å². The average molecular weight is 284 g/mol. The number of allylic oxidation sites excluding steroid dienone is 1. The van der Waals surface area contributed by atoms with Crippen molar-refractivity contribution < 1.29 is 5.11 Å². The van der Waals surface area contributed by atoms with Crippen molar-refractivity contribution in [2.45, 2.75) is 58.5 Å². The summed E-state index contributed by atoms with van der Waals surface area (Å²) in [5.74, 6) is 0.481. The molecule has 21 heavy (non-hydrogen) atoms. The van der Waals surface area contributed by atoms with Gasteiger partial charge in [0, 0.05) is 0 Å². The van der Waals surface area contributed by atoms with Crippen molar-refractivity contribution in [2.75, 3.05) is 0 Å². The van der Waals surface area contributed by atoms with Gasteiger partial charge in [0.05, 0.1) is 6.10 Å². The molecule has 0 radical (unpaired) electrons. The Bertz CT molecular complexity index is 484. The first-order valence-electron chi connectivity index (χ1n) is 8.36. The lowest BCUT2D eigenvalue weighted by molar-refractivity contribution is 0.185. The Labute approximate surface area is 129 Å². The van der Waals surface area contributed by atoms with Gasteiger partial charge in [0.15, 0.2) is 0 Å². The highest BCUT2D eigenvalue weighted by molar-refractivity contribution is 5.60. The molecule has 1 N–H and O–H groups in total. The lowest BCUT2D eigenvalue weighted by atomic mass is 9.82. The highest BCUT2D eigenvalue weighted by Gasteiger charge is 2.22. The third-order valence-corrected chi connectivity index (χ3v) is 4.23. The molecule has 0 saturated carbocycles. The maximum atomic E-state index is 10.5. The lowest BCUT2D eigenvalue weighted by Gasteiger charge is -2.27. The smallest absolute Gasteiger partial charge is 0.0798 e. The van der Waals surface area contributed by atoms with Gasteiger partial charge in [0.25, 0.3) is 0 Å². The van der Waals surface area contributed by atoms with Gasteiger partial charge in [-0.25, -0.2) is 0 Å². The summed E-state index contributed by atoms with van der Waals surface area (Å²) in [5, 5.41) is 10.5. The molecular formula is C20H28O. The van der Waals surface area contributed by atoms with Crippen molar-refractivity contribution >= 4 is 6.08 Å². The third-order valence-electron chi connectivity index (χ3n) is 4.23. The van der Waals surface area contributed by atoms with Gasteiger partial charge in [-0.1, -0.05) is 69.5 Å². The van der Waals surface area contributed by atoms with Gasteiger partial charge in [0.1, 0.15) is 0 Å². The van der Waals surface area contributed by atoms with Crippen LogP contribution in [0.4, 0.5) is 0 Å². The summed E-state index contributed by atoms with van der Waals surface area (Å²) >= 11 is 0. The maximum absolute atomic E-state index is 10.5. The standard InChI is InChI=1S/C20H28O/c1-3-4-5-9-12-18-13-16(2)14-20(21)19(18)15-17-10-7-6-8-11-17/h6-8,10-11,13,15-16,20-21H,3-5,9,12,14H2,1-2H3. The molecule has 114 valence electrons. The van der Waals surface area contributed by atoms with Gasteiger partial charge in [-0.3, -0.25) is 0 Å². The minimum absolute atomic E-state index is 0.314. The predicted octanol–water partition coefficient (Wildman–Crippen LogP) is 5.37. The topological polar surface area (TPSA) is 20.2 Å². The number of benzene rings is 1. The molecule has 1 heteroatoms. The van der Waals surface area contributed by atoms with Crippen LogP contribution in [0, 0.1) is 5.92 Å². The number of unbranched alkanes of at least 4 members (excludes halogenated alkanes) is 3. The summed E-state index contributed by atoms with van der Waals surface area (Å²) in [5.41, 5.74) is 3.68. The molecule has 2 unspecified atom stereocenters. The Morgan fingerprint density at radius 1 is 1.14 bits per heavy atom. The van der Waals surface area contributed by atoms with E-state index in [0.29, 0.717) is 5.92 Å². The molecule has 0 fully saturated rings. The Kier molecular flexibility index (Phi) is 6.25. The first-order valence-corrected chi connectivity index (χ1v) is 8.36. The zero-order valence-electron chi connectivity index (χ0n) is 13.4. The molecule has 1 aromatic carbocycles. The Balaban J connectivity index is 2.14. The lowest BCUT2D eigenvalue weighted by Crippen LogP contribution is -2.20. The predicted molar refractivity (Wildman–Crippen MR) is 91.0 cm³/mol. The summed E-state index contributed by atoms with van der Waals surface area (Å²) < 4.78 is 0. The number of hydrogen-bond donors (Lipinski definition) is 1. The molecule has 0 heterocycles. The molecule has 1 nitrogen and oxygen atoms in total. The van der Waals surface area contributed by atoms with Crippen LogP contribution < -0.4 is 0 Å². The Morgan fingerprint density at radius 2 is 1.90 bits per heavy atom. The second-order valence-electron chi connectivity index (χ2n) is 6.24. The summed E-state index contributed by atoms with van der Waals surface area (Å²) in [6, 6.07) is 10.3. The van der Waals surface area contributed by atoms with E-state index in [0.717, 1.165) is 18.4 Å². The molecule has 1 aliphatic carbocycles. The number of aliphatic hydroxyl groups is 1. The minimum atomic E-state index is -0.314. The first-order chi connectivity index (χ1) is 10.2. The fourth-order valence-corrected chi connectivity index (χ4v) is 3.09. The van der Waals surface area contributed by atoms with E-state index in [1.165, 1.54) is 36.8 Å². The molecule has 0 aromatic heterocycles. The van der Waals surface area contributed by atoms with Crippen LogP contribution in [-0.4, -0.2) is 11.2 Å².